The van der Waals surface area contributed by atoms with Crippen LogP contribution in [0.5, 0.6) is 0 Å². The Morgan fingerprint density at radius 2 is 1.95 bits per heavy atom. The molecule has 20 heavy (non-hydrogen) atoms. The lowest BCUT2D eigenvalue weighted by Crippen LogP contribution is -2.38. The molecular formula is C12H15F2NO4S. The molecule has 8 heteroatoms. The number of carboxylic acids is 1. The highest BCUT2D eigenvalue weighted by Crippen LogP contribution is 2.21. The first-order valence-electron chi connectivity index (χ1n) is 5.81. The number of nitrogens with zero attached hydrogens (tertiary/aromatic N) is 1. The van der Waals surface area contributed by atoms with E-state index in [2.05, 4.69) is 0 Å². The molecule has 1 aromatic carbocycles. The molecule has 0 spiro atoms. The van der Waals surface area contributed by atoms with Crippen LogP contribution < -0.4 is 0 Å². The Morgan fingerprint density at radius 3 is 2.40 bits per heavy atom. The molecule has 0 saturated heterocycles. The van der Waals surface area contributed by atoms with Crippen LogP contribution in [0.4, 0.5) is 8.78 Å². The molecule has 0 atom stereocenters. The summed E-state index contributed by atoms with van der Waals surface area (Å²) in [6.45, 7) is 2.54. The first kappa shape index (κ1) is 16.5. The van der Waals surface area contributed by atoms with E-state index in [1.165, 1.54) is 0 Å². The van der Waals surface area contributed by atoms with E-state index in [0.717, 1.165) is 12.1 Å². The Morgan fingerprint density at radius 1 is 1.35 bits per heavy atom. The highest BCUT2D eigenvalue weighted by atomic mass is 32.2. The molecule has 1 N–H and O–H groups in total. The van der Waals surface area contributed by atoms with E-state index >= 15 is 0 Å². The van der Waals surface area contributed by atoms with Gasteiger partial charge in [-0.15, -0.1) is 0 Å². The second-order valence-electron chi connectivity index (χ2n) is 4.66. The number of carboxylic acid groups (broad SMARTS) is 1. The van der Waals surface area contributed by atoms with E-state index in [1.807, 2.05) is 0 Å². The second-order valence-corrected chi connectivity index (χ2v) is 6.57. The van der Waals surface area contributed by atoms with Crippen molar-refractivity contribution in [1.29, 1.82) is 0 Å². The Balaban J connectivity index is 3.24. The van der Waals surface area contributed by atoms with Crippen LogP contribution in [0, 0.1) is 17.6 Å². The maximum atomic E-state index is 13.6. The minimum absolute atomic E-state index is 0.0779. The highest BCUT2D eigenvalue weighted by molar-refractivity contribution is 7.89. The number of halogens is 2. The molecule has 112 valence electrons. The van der Waals surface area contributed by atoms with Gasteiger partial charge in [-0.2, -0.15) is 4.31 Å². The number of aliphatic carboxylic acids is 1. The third-order valence-corrected chi connectivity index (χ3v) is 4.24. The molecule has 1 aromatic rings. The molecule has 5 nitrogen and oxygen atoms in total. The molecule has 0 fully saturated rings. The van der Waals surface area contributed by atoms with Gasteiger partial charge < -0.3 is 5.11 Å². The third-order valence-electron chi connectivity index (χ3n) is 2.39. The summed E-state index contributed by atoms with van der Waals surface area (Å²) in [4.78, 5) is 10.0. The Kier molecular flexibility index (Phi) is 5.18. The van der Waals surface area contributed by atoms with Gasteiger partial charge in [0.1, 0.15) is 23.1 Å². The molecule has 1 rings (SSSR count). The summed E-state index contributed by atoms with van der Waals surface area (Å²) in [6, 6.07) is 2.04. The van der Waals surface area contributed by atoms with Gasteiger partial charge in [-0.05, 0) is 18.1 Å². The van der Waals surface area contributed by atoms with Gasteiger partial charge in [0.2, 0.25) is 10.0 Å². The lowest BCUT2D eigenvalue weighted by atomic mass is 10.2. The highest BCUT2D eigenvalue weighted by Gasteiger charge is 2.29. The Hall–Kier alpha value is -1.54. The zero-order valence-corrected chi connectivity index (χ0v) is 11.8. The van der Waals surface area contributed by atoms with Crippen LogP contribution in [0.2, 0.25) is 0 Å². The average Bonchev–Trinajstić information content (AvgIpc) is 2.26. The minimum atomic E-state index is -4.33. The number of sulfonamides is 1. The molecule has 0 aliphatic heterocycles. The number of benzene rings is 1. The largest absolute Gasteiger partial charge is 0.480 e. The van der Waals surface area contributed by atoms with Crippen molar-refractivity contribution in [2.75, 3.05) is 13.1 Å². The van der Waals surface area contributed by atoms with Gasteiger partial charge in [0.15, 0.2) is 0 Å². The van der Waals surface area contributed by atoms with Crippen LogP contribution in [0.25, 0.3) is 0 Å². The first-order chi connectivity index (χ1) is 9.14. The lowest BCUT2D eigenvalue weighted by Gasteiger charge is -2.22. The predicted octanol–water partition coefficient (Wildman–Crippen LogP) is 1.70. The van der Waals surface area contributed by atoms with E-state index < -0.39 is 39.1 Å². The van der Waals surface area contributed by atoms with Gasteiger partial charge in [0.05, 0.1) is 0 Å². The Bertz CT molecular complexity index is 601. The SMILES string of the molecule is CC(C)CN(CC(=O)O)S(=O)(=O)c1ccc(F)cc1F. The average molecular weight is 307 g/mol. The van der Waals surface area contributed by atoms with Gasteiger partial charge in [0, 0.05) is 12.6 Å². The van der Waals surface area contributed by atoms with Crippen molar-refractivity contribution in [2.45, 2.75) is 18.7 Å². The molecule has 0 aromatic heterocycles. The predicted molar refractivity (Wildman–Crippen MR) is 67.6 cm³/mol. The first-order valence-corrected chi connectivity index (χ1v) is 7.25. The van der Waals surface area contributed by atoms with Crippen LogP contribution in [0.1, 0.15) is 13.8 Å². The van der Waals surface area contributed by atoms with Gasteiger partial charge >= 0.3 is 5.97 Å². The van der Waals surface area contributed by atoms with Crippen LogP contribution in [-0.4, -0.2) is 36.9 Å². The third kappa shape index (κ3) is 3.97. The lowest BCUT2D eigenvalue weighted by molar-refractivity contribution is -0.137. The summed E-state index contributed by atoms with van der Waals surface area (Å²) in [5.74, 6) is -3.65. The van der Waals surface area contributed by atoms with Crippen molar-refractivity contribution >= 4 is 16.0 Å². The summed E-state index contributed by atoms with van der Waals surface area (Å²) < 4.78 is 51.5. The standard InChI is InChI=1S/C12H15F2NO4S/c1-8(2)6-15(7-12(16)17)20(18,19)11-4-3-9(13)5-10(11)14/h3-5,8H,6-7H2,1-2H3,(H,16,17). The van der Waals surface area contributed by atoms with Crippen molar-refractivity contribution in [1.82, 2.24) is 4.31 Å². The maximum absolute atomic E-state index is 13.6. The van der Waals surface area contributed by atoms with Gasteiger partial charge in [-0.25, -0.2) is 17.2 Å². The van der Waals surface area contributed by atoms with Crippen LogP contribution in [-0.2, 0) is 14.8 Å². The molecule has 0 aliphatic rings. The molecular weight excluding hydrogens is 292 g/mol. The van der Waals surface area contributed by atoms with Gasteiger partial charge in [-0.1, -0.05) is 13.8 Å². The quantitative estimate of drug-likeness (QED) is 0.868. The van der Waals surface area contributed by atoms with Crippen LogP contribution in [0.3, 0.4) is 0 Å². The summed E-state index contributed by atoms with van der Waals surface area (Å²) in [5.41, 5.74) is 0. The summed E-state index contributed by atoms with van der Waals surface area (Å²) >= 11 is 0. The van der Waals surface area contributed by atoms with E-state index in [1.54, 1.807) is 13.8 Å². The fourth-order valence-electron chi connectivity index (χ4n) is 1.63. The summed E-state index contributed by atoms with van der Waals surface area (Å²) in [5, 5.41) is 8.76. The molecule has 0 radical (unpaired) electrons. The fourth-order valence-corrected chi connectivity index (χ4v) is 3.23. The molecule has 0 heterocycles. The molecule has 0 saturated carbocycles. The number of hydrogen-bond donors (Lipinski definition) is 1. The van der Waals surface area contributed by atoms with Gasteiger partial charge in [0.25, 0.3) is 0 Å². The maximum Gasteiger partial charge on any atom is 0.318 e. The normalized spacial score (nSPS) is 12.1. The van der Waals surface area contributed by atoms with Crippen molar-refractivity contribution in [2.24, 2.45) is 5.92 Å². The van der Waals surface area contributed by atoms with Crippen molar-refractivity contribution < 1.29 is 27.1 Å². The van der Waals surface area contributed by atoms with Crippen molar-refractivity contribution in [3.05, 3.63) is 29.8 Å². The molecule has 0 amide bonds. The topological polar surface area (TPSA) is 74.7 Å². The minimum Gasteiger partial charge on any atom is -0.480 e. The number of carbonyl (C=O) groups is 1. The molecule has 0 bridgehead atoms. The van der Waals surface area contributed by atoms with Crippen molar-refractivity contribution in [3.63, 3.8) is 0 Å². The van der Waals surface area contributed by atoms with Crippen LogP contribution in [0.15, 0.2) is 23.1 Å². The van der Waals surface area contributed by atoms with Gasteiger partial charge in [-0.3, -0.25) is 4.79 Å². The number of hydrogen-bond acceptors (Lipinski definition) is 3. The zero-order chi connectivity index (χ0) is 15.5. The summed E-state index contributed by atoms with van der Waals surface area (Å²) in [6.07, 6.45) is 0. The van der Waals surface area contributed by atoms with E-state index in [9.17, 15) is 22.0 Å². The number of rotatable bonds is 6. The van der Waals surface area contributed by atoms with E-state index in [0.29, 0.717) is 10.4 Å². The fraction of sp³-hybridized carbons (Fsp3) is 0.417. The smallest absolute Gasteiger partial charge is 0.318 e. The monoisotopic (exact) mass is 307 g/mol. The van der Waals surface area contributed by atoms with Crippen molar-refractivity contribution in [3.8, 4) is 0 Å². The Labute approximate surface area is 115 Å². The molecule has 0 unspecified atom stereocenters. The summed E-state index contributed by atoms with van der Waals surface area (Å²) in [7, 11) is -4.33. The van der Waals surface area contributed by atoms with Crippen LogP contribution >= 0.6 is 0 Å². The van der Waals surface area contributed by atoms with E-state index in [-0.39, 0.29) is 12.5 Å². The second kappa shape index (κ2) is 6.27. The van der Waals surface area contributed by atoms with E-state index in [4.69, 9.17) is 5.11 Å². The molecule has 0 aliphatic carbocycles. The zero-order valence-electron chi connectivity index (χ0n) is 11.0.